The molecule has 0 aromatic carbocycles. The minimum atomic E-state index is 0. The molecule has 92 valence electrons. The van der Waals surface area contributed by atoms with Crippen LogP contribution < -0.4 is 10.6 Å². The second-order valence-electron chi connectivity index (χ2n) is 5.24. The Labute approximate surface area is 115 Å². The van der Waals surface area contributed by atoms with E-state index < -0.39 is 0 Å². The average molecular weight is 335 g/mol. The first-order chi connectivity index (χ1) is 7.43. The molecular formula is C12H22IN3. The third-order valence-corrected chi connectivity index (χ3v) is 4.16. The Morgan fingerprint density at radius 1 is 1.31 bits per heavy atom. The molecule has 1 aliphatic heterocycles. The third kappa shape index (κ3) is 2.81. The van der Waals surface area contributed by atoms with Gasteiger partial charge in [0, 0.05) is 19.6 Å². The van der Waals surface area contributed by atoms with E-state index in [0.717, 1.165) is 43.3 Å². The van der Waals surface area contributed by atoms with E-state index in [1.54, 1.807) is 0 Å². The van der Waals surface area contributed by atoms with Gasteiger partial charge in [0.25, 0.3) is 0 Å². The first kappa shape index (κ1) is 12.5. The molecule has 3 aliphatic rings. The molecule has 4 heteroatoms. The highest BCUT2D eigenvalue weighted by Crippen LogP contribution is 2.51. The fourth-order valence-electron chi connectivity index (χ4n) is 2.83. The van der Waals surface area contributed by atoms with E-state index in [9.17, 15) is 0 Å². The molecule has 3 rings (SSSR count). The first-order valence-corrected chi connectivity index (χ1v) is 6.45. The van der Waals surface area contributed by atoms with Crippen LogP contribution in [0.4, 0.5) is 0 Å². The molecule has 2 aliphatic carbocycles. The van der Waals surface area contributed by atoms with Gasteiger partial charge in [-0.2, -0.15) is 0 Å². The van der Waals surface area contributed by atoms with Crippen LogP contribution in [-0.4, -0.2) is 25.6 Å². The van der Waals surface area contributed by atoms with Crippen molar-refractivity contribution in [1.29, 1.82) is 0 Å². The van der Waals surface area contributed by atoms with Crippen LogP contribution >= 0.6 is 24.0 Å². The standard InChI is InChI=1S/C12H21N3.HI/c1-3-9(4-1)11-7-10(11)8-15-12-13-5-2-6-14-12;/h9-11H,1-8H2,(H2,13,14,15);1H/t10-,11-;/m0./s1. The second-order valence-corrected chi connectivity index (χ2v) is 5.24. The van der Waals surface area contributed by atoms with Crippen molar-refractivity contribution in [3.8, 4) is 0 Å². The molecule has 2 saturated carbocycles. The van der Waals surface area contributed by atoms with Crippen molar-refractivity contribution in [3.05, 3.63) is 0 Å². The Morgan fingerprint density at radius 2 is 2.19 bits per heavy atom. The molecule has 3 nitrogen and oxygen atoms in total. The summed E-state index contributed by atoms with van der Waals surface area (Å²) in [6.45, 7) is 3.22. The summed E-state index contributed by atoms with van der Waals surface area (Å²) in [5.41, 5.74) is 0. The fourth-order valence-corrected chi connectivity index (χ4v) is 2.83. The quantitative estimate of drug-likeness (QED) is 0.774. The average Bonchev–Trinajstić information content (AvgIpc) is 2.93. The van der Waals surface area contributed by atoms with E-state index in [-0.39, 0.29) is 24.0 Å². The van der Waals surface area contributed by atoms with Gasteiger partial charge < -0.3 is 10.6 Å². The van der Waals surface area contributed by atoms with Crippen molar-refractivity contribution in [3.63, 3.8) is 0 Å². The van der Waals surface area contributed by atoms with Crippen LogP contribution in [-0.2, 0) is 0 Å². The summed E-state index contributed by atoms with van der Waals surface area (Å²) in [5, 5.41) is 6.77. The van der Waals surface area contributed by atoms with Crippen LogP contribution in [0, 0.1) is 17.8 Å². The largest absolute Gasteiger partial charge is 0.356 e. The molecular weight excluding hydrogens is 313 g/mol. The van der Waals surface area contributed by atoms with E-state index in [2.05, 4.69) is 15.6 Å². The van der Waals surface area contributed by atoms with Gasteiger partial charge in [0.2, 0.25) is 0 Å². The van der Waals surface area contributed by atoms with E-state index in [1.807, 2.05) is 0 Å². The van der Waals surface area contributed by atoms with Crippen molar-refractivity contribution in [2.24, 2.45) is 22.7 Å². The maximum atomic E-state index is 4.43. The minimum absolute atomic E-state index is 0. The molecule has 0 amide bonds. The van der Waals surface area contributed by atoms with Gasteiger partial charge in [-0.15, -0.1) is 24.0 Å². The predicted octanol–water partition coefficient (Wildman–Crippen LogP) is 1.98. The maximum Gasteiger partial charge on any atom is 0.191 e. The zero-order valence-electron chi connectivity index (χ0n) is 9.74. The lowest BCUT2D eigenvalue weighted by atomic mass is 9.81. The molecule has 1 heterocycles. The molecule has 0 spiro atoms. The molecule has 16 heavy (non-hydrogen) atoms. The van der Waals surface area contributed by atoms with Crippen LogP contribution in [0.2, 0.25) is 0 Å². The van der Waals surface area contributed by atoms with Crippen molar-refractivity contribution >= 4 is 29.9 Å². The number of halogens is 1. The zero-order valence-corrected chi connectivity index (χ0v) is 12.1. The Bertz CT molecular complexity index is 263. The zero-order chi connectivity index (χ0) is 10.1. The van der Waals surface area contributed by atoms with Crippen molar-refractivity contribution in [2.75, 3.05) is 19.6 Å². The van der Waals surface area contributed by atoms with E-state index in [4.69, 9.17) is 0 Å². The lowest BCUT2D eigenvalue weighted by molar-refractivity contribution is 0.265. The highest BCUT2D eigenvalue weighted by atomic mass is 127. The molecule has 2 atom stereocenters. The normalized spacial score (nSPS) is 32.9. The monoisotopic (exact) mass is 335 g/mol. The number of aliphatic imine (C=N–C) groups is 1. The lowest BCUT2D eigenvalue weighted by Gasteiger charge is -2.25. The van der Waals surface area contributed by atoms with Crippen LogP contribution in [0.1, 0.15) is 32.1 Å². The summed E-state index contributed by atoms with van der Waals surface area (Å²) in [6, 6.07) is 0. The summed E-state index contributed by atoms with van der Waals surface area (Å²) in [6.07, 6.45) is 7.13. The highest BCUT2D eigenvalue weighted by Gasteiger charge is 2.44. The second kappa shape index (κ2) is 5.56. The van der Waals surface area contributed by atoms with Crippen LogP contribution in [0.3, 0.4) is 0 Å². The maximum absolute atomic E-state index is 4.43. The fraction of sp³-hybridized carbons (Fsp3) is 0.917. The summed E-state index contributed by atoms with van der Waals surface area (Å²) >= 11 is 0. The molecule has 2 N–H and O–H groups in total. The van der Waals surface area contributed by atoms with Gasteiger partial charge in [-0.25, -0.2) is 0 Å². The van der Waals surface area contributed by atoms with Crippen molar-refractivity contribution in [1.82, 2.24) is 10.6 Å². The van der Waals surface area contributed by atoms with E-state index in [1.165, 1.54) is 32.1 Å². The Hall–Kier alpha value is 0. The topological polar surface area (TPSA) is 36.4 Å². The Morgan fingerprint density at radius 3 is 2.81 bits per heavy atom. The number of guanidine groups is 1. The number of hydrogen-bond acceptors (Lipinski definition) is 3. The number of nitrogens with zero attached hydrogens (tertiary/aromatic N) is 1. The molecule has 0 radical (unpaired) electrons. The van der Waals surface area contributed by atoms with E-state index >= 15 is 0 Å². The van der Waals surface area contributed by atoms with Gasteiger partial charge in [-0.05, 0) is 30.6 Å². The van der Waals surface area contributed by atoms with Gasteiger partial charge >= 0.3 is 0 Å². The Kier molecular flexibility index (Phi) is 4.33. The molecule has 0 unspecified atom stereocenters. The van der Waals surface area contributed by atoms with Crippen molar-refractivity contribution in [2.45, 2.75) is 32.1 Å². The number of rotatable bonds is 3. The summed E-state index contributed by atoms with van der Waals surface area (Å²) in [4.78, 5) is 4.43. The van der Waals surface area contributed by atoms with Gasteiger partial charge in [0.1, 0.15) is 0 Å². The van der Waals surface area contributed by atoms with Gasteiger partial charge in [0.05, 0.1) is 0 Å². The number of nitrogens with one attached hydrogen (secondary N) is 2. The SMILES string of the molecule is C1CN=C(NC[C@@H]2C[C@H]2C2CCC2)NC1.I. The van der Waals surface area contributed by atoms with E-state index in [0.29, 0.717) is 0 Å². The Balaban J connectivity index is 0.000000963. The van der Waals surface area contributed by atoms with Gasteiger partial charge in [0.15, 0.2) is 5.96 Å². The van der Waals surface area contributed by atoms with Crippen LogP contribution in [0.15, 0.2) is 4.99 Å². The van der Waals surface area contributed by atoms with Crippen molar-refractivity contribution < 1.29 is 0 Å². The molecule has 0 aromatic heterocycles. The summed E-state index contributed by atoms with van der Waals surface area (Å²) in [7, 11) is 0. The molecule has 0 bridgehead atoms. The minimum Gasteiger partial charge on any atom is -0.356 e. The van der Waals surface area contributed by atoms with Crippen LogP contribution in [0.5, 0.6) is 0 Å². The van der Waals surface area contributed by atoms with Gasteiger partial charge in [-0.3, -0.25) is 4.99 Å². The smallest absolute Gasteiger partial charge is 0.191 e. The molecule has 0 aromatic rings. The highest BCUT2D eigenvalue weighted by molar-refractivity contribution is 14.0. The summed E-state index contributed by atoms with van der Waals surface area (Å²) < 4.78 is 0. The van der Waals surface area contributed by atoms with Crippen LogP contribution in [0.25, 0.3) is 0 Å². The molecule has 2 fully saturated rings. The van der Waals surface area contributed by atoms with Gasteiger partial charge in [-0.1, -0.05) is 19.3 Å². The third-order valence-electron chi connectivity index (χ3n) is 4.16. The molecule has 0 saturated heterocycles. The first-order valence-electron chi connectivity index (χ1n) is 6.45. The predicted molar refractivity (Wildman–Crippen MR) is 77.3 cm³/mol. The summed E-state index contributed by atoms with van der Waals surface area (Å²) in [5.74, 6) is 4.12. The number of hydrogen-bond donors (Lipinski definition) is 2. The lowest BCUT2D eigenvalue weighted by Crippen LogP contribution is -2.41.